The highest BCUT2D eigenvalue weighted by molar-refractivity contribution is 5.97. The molecule has 21 heavy (non-hydrogen) atoms. The van der Waals surface area contributed by atoms with Gasteiger partial charge in [0.2, 0.25) is 0 Å². The van der Waals surface area contributed by atoms with E-state index in [-0.39, 0.29) is 11.3 Å². The molecule has 0 saturated heterocycles. The average molecular weight is 289 g/mol. The number of phenolic OH excluding ortho intramolecular Hbond substituents is 1. The Kier molecular flexibility index (Phi) is 3.93. The van der Waals surface area contributed by atoms with E-state index in [2.05, 4.69) is 10.4 Å². The first kappa shape index (κ1) is 14.6. The Balaban J connectivity index is 2.22. The van der Waals surface area contributed by atoms with Crippen LogP contribution >= 0.6 is 0 Å². The standard InChI is InChI=1S/C14H15N3O4/c1-8-5-9(3-4-11(8)18)13(19)16-12(14(20)21)10-6-15-17(2)7-10/h3-7,12,18H,1-2H3,(H,16,19)(H,20,21). The van der Waals surface area contributed by atoms with E-state index in [4.69, 9.17) is 0 Å². The number of hydrogen-bond acceptors (Lipinski definition) is 4. The van der Waals surface area contributed by atoms with Crippen LogP contribution in [0.25, 0.3) is 0 Å². The fraction of sp³-hybridized carbons (Fsp3) is 0.214. The number of aromatic nitrogens is 2. The molecule has 110 valence electrons. The summed E-state index contributed by atoms with van der Waals surface area (Å²) in [5.41, 5.74) is 1.20. The van der Waals surface area contributed by atoms with E-state index in [0.29, 0.717) is 11.1 Å². The van der Waals surface area contributed by atoms with Crippen molar-refractivity contribution in [3.05, 3.63) is 47.3 Å². The second-order valence-electron chi connectivity index (χ2n) is 4.69. The van der Waals surface area contributed by atoms with Crippen molar-refractivity contribution in [2.45, 2.75) is 13.0 Å². The zero-order valence-electron chi connectivity index (χ0n) is 11.6. The molecule has 0 fully saturated rings. The Morgan fingerprint density at radius 2 is 2.10 bits per heavy atom. The second-order valence-corrected chi connectivity index (χ2v) is 4.69. The number of rotatable bonds is 4. The number of phenols is 1. The summed E-state index contributed by atoms with van der Waals surface area (Å²) in [6.07, 6.45) is 2.92. The van der Waals surface area contributed by atoms with Crippen molar-refractivity contribution >= 4 is 11.9 Å². The Hall–Kier alpha value is -2.83. The van der Waals surface area contributed by atoms with Gasteiger partial charge in [0.25, 0.3) is 5.91 Å². The first-order valence-corrected chi connectivity index (χ1v) is 6.20. The Morgan fingerprint density at radius 3 is 2.62 bits per heavy atom. The van der Waals surface area contributed by atoms with Crippen molar-refractivity contribution in [3.8, 4) is 5.75 Å². The van der Waals surface area contributed by atoms with Crippen molar-refractivity contribution < 1.29 is 19.8 Å². The lowest BCUT2D eigenvalue weighted by molar-refractivity contribution is -0.139. The third-order valence-corrected chi connectivity index (χ3v) is 3.04. The van der Waals surface area contributed by atoms with Crippen molar-refractivity contribution in [2.24, 2.45) is 7.05 Å². The van der Waals surface area contributed by atoms with Gasteiger partial charge in [-0.05, 0) is 30.7 Å². The molecule has 7 heteroatoms. The minimum atomic E-state index is -1.18. The van der Waals surface area contributed by atoms with Crippen molar-refractivity contribution in [1.29, 1.82) is 0 Å². The highest BCUT2D eigenvalue weighted by Gasteiger charge is 2.24. The van der Waals surface area contributed by atoms with E-state index in [1.807, 2.05) is 0 Å². The number of aliphatic carboxylic acids is 1. The molecule has 7 nitrogen and oxygen atoms in total. The van der Waals surface area contributed by atoms with Gasteiger partial charge in [0.1, 0.15) is 5.75 Å². The number of aryl methyl sites for hydroxylation is 2. The predicted octanol–water partition coefficient (Wildman–Crippen LogP) is 0.990. The van der Waals surface area contributed by atoms with Gasteiger partial charge >= 0.3 is 5.97 Å². The lowest BCUT2D eigenvalue weighted by Gasteiger charge is -2.13. The molecule has 0 bridgehead atoms. The predicted molar refractivity (Wildman–Crippen MR) is 73.9 cm³/mol. The number of nitrogens with one attached hydrogen (secondary N) is 1. The Bertz CT molecular complexity index is 693. The molecule has 0 spiro atoms. The molecule has 0 saturated carbocycles. The minimum absolute atomic E-state index is 0.0774. The van der Waals surface area contributed by atoms with Gasteiger partial charge < -0.3 is 15.5 Å². The van der Waals surface area contributed by atoms with Gasteiger partial charge in [-0.3, -0.25) is 9.48 Å². The second kappa shape index (κ2) is 5.66. The third kappa shape index (κ3) is 3.19. The zero-order valence-corrected chi connectivity index (χ0v) is 11.6. The van der Waals surface area contributed by atoms with Crippen LogP contribution in [0.5, 0.6) is 5.75 Å². The molecule has 0 radical (unpaired) electrons. The fourth-order valence-corrected chi connectivity index (χ4v) is 1.89. The summed E-state index contributed by atoms with van der Waals surface area (Å²) < 4.78 is 1.46. The average Bonchev–Trinajstić information content (AvgIpc) is 2.84. The quantitative estimate of drug-likeness (QED) is 0.778. The molecule has 1 heterocycles. The summed E-state index contributed by atoms with van der Waals surface area (Å²) in [5.74, 6) is -1.63. The highest BCUT2D eigenvalue weighted by Crippen LogP contribution is 2.18. The molecule has 1 atom stereocenters. The molecular formula is C14H15N3O4. The fourth-order valence-electron chi connectivity index (χ4n) is 1.89. The normalized spacial score (nSPS) is 11.9. The topological polar surface area (TPSA) is 104 Å². The number of carbonyl (C=O) groups excluding carboxylic acids is 1. The molecule has 3 N–H and O–H groups in total. The number of benzene rings is 1. The molecular weight excluding hydrogens is 274 g/mol. The van der Waals surface area contributed by atoms with Crippen molar-refractivity contribution in [3.63, 3.8) is 0 Å². The van der Waals surface area contributed by atoms with Crippen molar-refractivity contribution in [1.82, 2.24) is 15.1 Å². The lowest BCUT2D eigenvalue weighted by Crippen LogP contribution is -2.33. The van der Waals surface area contributed by atoms with Gasteiger partial charge in [-0.15, -0.1) is 0 Å². The summed E-state index contributed by atoms with van der Waals surface area (Å²) in [6, 6.07) is 3.14. The minimum Gasteiger partial charge on any atom is -0.508 e. The number of carboxylic acid groups (broad SMARTS) is 1. The van der Waals surface area contributed by atoms with Gasteiger partial charge in [-0.2, -0.15) is 5.10 Å². The smallest absolute Gasteiger partial charge is 0.331 e. The molecule has 2 aromatic rings. The summed E-state index contributed by atoms with van der Waals surface area (Å²) in [5, 5.41) is 25.0. The Morgan fingerprint density at radius 1 is 1.38 bits per heavy atom. The molecule has 0 aliphatic rings. The van der Waals surface area contributed by atoms with Crippen LogP contribution in [0.15, 0.2) is 30.6 Å². The summed E-state index contributed by atoms with van der Waals surface area (Å²) in [7, 11) is 1.66. The van der Waals surface area contributed by atoms with Crippen LogP contribution in [0.4, 0.5) is 0 Å². The number of hydrogen-bond donors (Lipinski definition) is 3. The summed E-state index contributed by atoms with van der Waals surface area (Å²) in [6.45, 7) is 1.65. The molecule has 1 unspecified atom stereocenters. The summed E-state index contributed by atoms with van der Waals surface area (Å²) >= 11 is 0. The van der Waals surface area contributed by atoms with Crippen LogP contribution in [0, 0.1) is 6.92 Å². The van der Waals surface area contributed by atoms with Crippen LogP contribution in [0.3, 0.4) is 0 Å². The van der Waals surface area contributed by atoms with E-state index in [1.165, 1.54) is 35.3 Å². The van der Waals surface area contributed by atoms with E-state index in [0.717, 1.165) is 0 Å². The van der Waals surface area contributed by atoms with Crippen LogP contribution in [0.1, 0.15) is 27.5 Å². The number of carbonyl (C=O) groups is 2. The van der Waals surface area contributed by atoms with Gasteiger partial charge in [0, 0.05) is 24.4 Å². The first-order chi connectivity index (χ1) is 9.88. The van der Waals surface area contributed by atoms with Crippen LogP contribution in [-0.4, -0.2) is 31.9 Å². The molecule has 0 aliphatic heterocycles. The third-order valence-electron chi connectivity index (χ3n) is 3.04. The molecule has 0 aliphatic carbocycles. The first-order valence-electron chi connectivity index (χ1n) is 6.20. The molecule has 1 aromatic carbocycles. The molecule has 1 amide bonds. The van der Waals surface area contributed by atoms with Gasteiger partial charge in [0.05, 0.1) is 6.20 Å². The molecule has 1 aromatic heterocycles. The lowest BCUT2D eigenvalue weighted by atomic mass is 10.1. The number of carboxylic acids is 1. The van der Waals surface area contributed by atoms with Gasteiger partial charge in [0.15, 0.2) is 6.04 Å². The highest BCUT2D eigenvalue weighted by atomic mass is 16.4. The van der Waals surface area contributed by atoms with Crippen LogP contribution in [0.2, 0.25) is 0 Å². The monoisotopic (exact) mass is 289 g/mol. The Labute approximate surface area is 120 Å². The number of amides is 1. The number of nitrogens with zero attached hydrogens (tertiary/aromatic N) is 2. The SMILES string of the molecule is Cc1cc(C(=O)NC(C(=O)O)c2cnn(C)c2)ccc1O. The van der Waals surface area contributed by atoms with E-state index in [9.17, 15) is 19.8 Å². The van der Waals surface area contributed by atoms with Crippen LogP contribution in [-0.2, 0) is 11.8 Å². The largest absolute Gasteiger partial charge is 0.508 e. The van der Waals surface area contributed by atoms with E-state index in [1.54, 1.807) is 14.0 Å². The maximum Gasteiger partial charge on any atom is 0.331 e. The van der Waals surface area contributed by atoms with Gasteiger partial charge in [-0.25, -0.2) is 4.79 Å². The maximum absolute atomic E-state index is 12.1. The van der Waals surface area contributed by atoms with Gasteiger partial charge in [-0.1, -0.05) is 0 Å². The van der Waals surface area contributed by atoms with E-state index >= 15 is 0 Å². The maximum atomic E-state index is 12.1. The summed E-state index contributed by atoms with van der Waals surface area (Å²) in [4.78, 5) is 23.4. The zero-order chi connectivity index (χ0) is 15.6. The van der Waals surface area contributed by atoms with Crippen LogP contribution < -0.4 is 5.32 Å². The molecule has 2 rings (SSSR count). The van der Waals surface area contributed by atoms with Crippen molar-refractivity contribution in [2.75, 3.05) is 0 Å². The van der Waals surface area contributed by atoms with E-state index < -0.39 is 17.9 Å². The number of aromatic hydroxyl groups is 1.